The average molecular weight is 396 g/mol. The van der Waals surface area contributed by atoms with Crippen molar-refractivity contribution in [3.63, 3.8) is 0 Å². The van der Waals surface area contributed by atoms with Crippen LogP contribution in [0.2, 0.25) is 0 Å². The summed E-state index contributed by atoms with van der Waals surface area (Å²) >= 11 is 0. The third-order valence-electron chi connectivity index (χ3n) is 6.96. The van der Waals surface area contributed by atoms with Gasteiger partial charge in [0.2, 0.25) is 5.91 Å². The van der Waals surface area contributed by atoms with E-state index in [2.05, 4.69) is 32.0 Å². The van der Waals surface area contributed by atoms with Crippen molar-refractivity contribution >= 4 is 5.91 Å². The summed E-state index contributed by atoms with van der Waals surface area (Å²) in [7, 11) is 2.11. The number of rotatable bonds is 4. The zero-order chi connectivity index (χ0) is 19.8. The third kappa shape index (κ3) is 3.68. The molecule has 1 saturated carbocycles. The van der Waals surface area contributed by atoms with Gasteiger partial charge in [-0.1, -0.05) is 30.5 Å². The van der Waals surface area contributed by atoms with Crippen molar-refractivity contribution in [2.45, 2.75) is 51.0 Å². The predicted octanol–water partition coefficient (Wildman–Crippen LogP) is 3.31. The summed E-state index contributed by atoms with van der Waals surface area (Å²) in [5, 5.41) is 4.23. The Kier molecular flexibility index (Phi) is 4.86. The lowest BCUT2D eigenvalue weighted by Crippen LogP contribution is -2.59. The first-order valence-corrected chi connectivity index (χ1v) is 10.8. The summed E-state index contributed by atoms with van der Waals surface area (Å²) in [6.45, 7) is 2.70. The smallest absolute Gasteiger partial charge is 0.276 e. The Hall–Kier alpha value is -2.28. The van der Waals surface area contributed by atoms with E-state index >= 15 is 0 Å². The van der Waals surface area contributed by atoms with Gasteiger partial charge in [-0.2, -0.15) is 4.98 Å². The van der Waals surface area contributed by atoms with Gasteiger partial charge in [-0.15, -0.1) is 0 Å². The number of likely N-dealkylation sites (tertiary alicyclic amines) is 2. The number of pyridine rings is 1. The van der Waals surface area contributed by atoms with E-state index in [0.29, 0.717) is 23.4 Å². The van der Waals surface area contributed by atoms with Crippen molar-refractivity contribution in [3.05, 3.63) is 30.2 Å². The monoisotopic (exact) mass is 395 g/mol. The molecule has 2 aliphatic heterocycles. The molecule has 29 heavy (non-hydrogen) atoms. The molecule has 1 aliphatic carbocycles. The summed E-state index contributed by atoms with van der Waals surface area (Å²) in [5.41, 5.74) is 0.873. The number of amides is 1. The Morgan fingerprint density at radius 1 is 1.21 bits per heavy atom. The van der Waals surface area contributed by atoms with Gasteiger partial charge in [-0.3, -0.25) is 14.7 Å². The molecule has 2 aromatic rings. The second kappa shape index (κ2) is 7.52. The van der Waals surface area contributed by atoms with E-state index in [1.807, 2.05) is 18.2 Å². The van der Waals surface area contributed by atoms with Crippen molar-refractivity contribution in [2.24, 2.45) is 11.3 Å². The first-order chi connectivity index (χ1) is 14.1. The highest BCUT2D eigenvalue weighted by molar-refractivity contribution is 5.77. The van der Waals surface area contributed by atoms with E-state index in [4.69, 9.17) is 4.52 Å². The van der Waals surface area contributed by atoms with Crippen molar-refractivity contribution in [2.75, 3.05) is 26.7 Å². The first kappa shape index (κ1) is 18.7. The molecule has 0 aromatic carbocycles. The van der Waals surface area contributed by atoms with Gasteiger partial charge in [0.05, 0.1) is 6.04 Å². The fourth-order valence-corrected chi connectivity index (χ4v) is 5.46. The number of nitrogens with zero attached hydrogens (tertiary/aromatic N) is 5. The maximum Gasteiger partial charge on any atom is 0.276 e. The van der Waals surface area contributed by atoms with Crippen LogP contribution in [0.25, 0.3) is 11.6 Å². The lowest BCUT2D eigenvalue weighted by molar-refractivity contribution is -0.144. The second-order valence-electron chi connectivity index (χ2n) is 9.27. The van der Waals surface area contributed by atoms with E-state index in [9.17, 15) is 4.79 Å². The summed E-state index contributed by atoms with van der Waals surface area (Å²) < 4.78 is 5.46. The molecule has 2 aromatic heterocycles. The maximum absolute atomic E-state index is 12.7. The fraction of sp³-hybridized carbons (Fsp3) is 0.636. The highest BCUT2D eigenvalue weighted by atomic mass is 16.5. The average Bonchev–Trinajstić information content (AvgIpc) is 3.33. The van der Waals surface area contributed by atoms with Crippen LogP contribution in [0, 0.1) is 11.3 Å². The van der Waals surface area contributed by atoms with Crippen LogP contribution in [0.5, 0.6) is 0 Å². The molecular formula is C22H29N5O2. The number of carbonyl (C=O) groups excluding carboxylic acids is 1. The highest BCUT2D eigenvalue weighted by Gasteiger charge is 2.53. The minimum atomic E-state index is 0.131. The zero-order valence-electron chi connectivity index (χ0n) is 17.1. The topological polar surface area (TPSA) is 75.4 Å². The Balaban J connectivity index is 1.20. The van der Waals surface area contributed by atoms with Gasteiger partial charge >= 0.3 is 0 Å². The molecule has 7 heteroatoms. The maximum atomic E-state index is 12.7. The summed E-state index contributed by atoms with van der Waals surface area (Å²) in [4.78, 5) is 26.0. The lowest BCUT2D eigenvalue weighted by Gasteiger charge is -2.48. The van der Waals surface area contributed by atoms with Gasteiger partial charge < -0.3 is 9.42 Å². The summed E-state index contributed by atoms with van der Waals surface area (Å²) in [6, 6.07) is 5.79. The molecule has 3 aliphatic rings. The molecule has 1 unspecified atom stereocenters. The number of hydrogen-bond acceptors (Lipinski definition) is 6. The molecule has 154 valence electrons. The molecule has 1 atom stereocenters. The summed E-state index contributed by atoms with van der Waals surface area (Å²) in [5.74, 6) is 2.15. The van der Waals surface area contributed by atoms with Crippen LogP contribution in [0.3, 0.4) is 0 Å². The number of aromatic nitrogens is 3. The number of hydrogen-bond donors (Lipinski definition) is 0. The molecule has 1 amide bonds. The van der Waals surface area contributed by atoms with E-state index in [-0.39, 0.29) is 11.5 Å². The van der Waals surface area contributed by atoms with Gasteiger partial charge in [0.1, 0.15) is 5.69 Å². The van der Waals surface area contributed by atoms with Crippen LogP contribution < -0.4 is 0 Å². The van der Waals surface area contributed by atoms with Crippen LogP contribution in [0.4, 0.5) is 0 Å². The first-order valence-electron chi connectivity index (χ1n) is 10.8. The Labute approximate surface area is 171 Å². The highest BCUT2D eigenvalue weighted by Crippen LogP contribution is 2.47. The van der Waals surface area contributed by atoms with Crippen LogP contribution in [0.1, 0.15) is 56.8 Å². The molecule has 0 bridgehead atoms. The minimum absolute atomic E-state index is 0.131. The van der Waals surface area contributed by atoms with E-state index < -0.39 is 0 Å². The molecular weight excluding hydrogens is 366 g/mol. The second-order valence-corrected chi connectivity index (χ2v) is 9.27. The normalized spacial score (nSPS) is 24.7. The summed E-state index contributed by atoms with van der Waals surface area (Å²) in [6.07, 6.45) is 9.81. The standard InChI is InChI=1S/C22H29N5O2/c1-26-13-22(14-27(15-22)19(28)11-16-7-3-2-4-8-16)12-18(26)20-24-21(29-25-20)17-9-5-6-10-23-17/h5-6,9-10,16,18H,2-4,7-8,11-15H2,1H3. The molecule has 0 N–H and O–H groups in total. The Morgan fingerprint density at radius 3 is 2.79 bits per heavy atom. The zero-order valence-corrected chi connectivity index (χ0v) is 17.1. The van der Waals surface area contributed by atoms with Crippen molar-refractivity contribution < 1.29 is 9.32 Å². The quantitative estimate of drug-likeness (QED) is 0.791. The molecule has 2 saturated heterocycles. The van der Waals surface area contributed by atoms with Crippen LogP contribution in [-0.2, 0) is 4.79 Å². The van der Waals surface area contributed by atoms with Gasteiger partial charge in [0.15, 0.2) is 5.82 Å². The molecule has 0 radical (unpaired) electrons. The number of carbonyl (C=O) groups is 1. The lowest BCUT2D eigenvalue weighted by atomic mass is 9.77. The van der Waals surface area contributed by atoms with Gasteiger partial charge in [-0.25, -0.2) is 0 Å². The van der Waals surface area contributed by atoms with Gasteiger partial charge in [0, 0.05) is 37.7 Å². The molecule has 4 heterocycles. The third-order valence-corrected chi connectivity index (χ3v) is 6.96. The molecule has 5 rings (SSSR count). The minimum Gasteiger partial charge on any atom is -0.341 e. The Morgan fingerprint density at radius 2 is 2.03 bits per heavy atom. The fourth-order valence-electron chi connectivity index (χ4n) is 5.46. The molecule has 7 nitrogen and oxygen atoms in total. The SMILES string of the molecule is CN1CC2(CC1c1noc(-c3ccccn3)n1)CN(C(=O)CC1CCCCC1)C2. The molecule has 3 fully saturated rings. The van der Waals surface area contributed by atoms with Gasteiger partial charge in [-0.05, 0) is 44.4 Å². The van der Waals surface area contributed by atoms with Crippen LogP contribution in [-0.4, -0.2) is 57.5 Å². The van der Waals surface area contributed by atoms with E-state index in [1.54, 1.807) is 6.20 Å². The van der Waals surface area contributed by atoms with Crippen molar-refractivity contribution in [3.8, 4) is 11.6 Å². The predicted molar refractivity (Wildman–Crippen MR) is 108 cm³/mol. The Bertz CT molecular complexity index is 855. The molecule has 1 spiro atoms. The van der Waals surface area contributed by atoms with Crippen LogP contribution >= 0.6 is 0 Å². The van der Waals surface area contributed by atoms with Gasteiger partial charge in [0.25, 0.3) is 5.89 Å². The van der Waals surface area contributed by atoms with E-state index in [0.717, 1.165) is 38.3 Å². The van der Waals surface area contributed by atoms with Crippen molar-refractivity contribution in [1.29, 1.82) is 0 Å². The van der Waals surface area contributed by atoms with Crippen LogP contribution in [0.15, 0.2) is 28.9 Å². The van der Waals surface area contributed by atoms with E-state index in [1.165, 1.54) is 32.1 Å². The van der Waals surface area contributed by atoms with Crippen molar-refractivity contribution in [1.82, 2.24) is 24.9 Å². The largest absolute Gasteiger partial charge is 0.341 e.